The second kappa shape index (κ2) is 5.64. The Morgan fingerprint density at radius 3 is 2.47 bits per heavy atom. The van der Waals surface area contributed by atoms with Crippen molar-refractivity contribution < 1.29 is 9.53 Å². The Labute approximate surface area is 93.4 Å². The third-order valence-corrected chi connectivity index (χ3v) is 3.44. The highest BCUT2D eigenvalue weighted by Crippen LogP contribution is 2.33. The summed E-state index contributed by atoms with van der Waals surface area (Å²) in [5.74, 6) is 1.66. The van der Waals surface area contributed by atoms with E-state index in [1.54, 1.807) is 0 Å². The van der Waals surface area contributed by atoms with Crippen molar-refractivity contribution in [1.29, 1.82) is 0 Å². The Hall–Kier alpha value is -0.370. The van der Waals surface area contributed by atoms with E-state index in [9.17, 15) is 4.79 Å². The minimum absolute atomic E-state index is 0.101. The lowest BCUT2D eigenvalue weighted by Crippen LogP contribution is -2.26. The van der Waals surface area contributed by atoms with Crippen molar-refractivity contribution in [2.75, 3.05) is 6.61 Å². The highest BCUT2D eigenvalue weighted by Gasteiger charge is 2.30. The van der Waals surface area contributed by atoms with Crippen LogP contribution in [-0.2, 0) is 9.53 Å². The summed E-state index contributed by atoms with van der Waals surface area (Å²) in [6.45, 7) is 8.67. The van der Waals surface area contributed by atoms with Gasteiger partial charge in [-0.1, -0.05) is 34.1 Å². The molecule has 0 heterocycles. The molecule has 1 rings (SSSR count). The van der Waals surface area contributed by atoms with Crippen molar-refractivity contribution in [2.45, 2.75) is 53.1 Å². The van der Waals surface area contributed by atoms with Crippen LogP contribution >= 0.6 is 0 Å². The van der Waals surface area contributed by atoms with Crippen molar-refractivity contribution in [3.8, 4) is 0 Å². The topological polar surface area (TPSA) is 26.3 Å². The number of hydrogen-bond acceptors (Lipinski definition) is 2. The molecule has 2 atom stereocenters. The van der Waals surface area contributed by atoms with E-state index in [-0.39, 0.29) is 11.7 Å². The van der Waals surface area contributed by atoms with E-state index in [2.05, 4.69) is 13.8 Å². The molecule has 0 saturated heterocycles. The normalized spacial score (nSPS) is 26.5. The Bertz CT molecular complexity index is 209. The molecule has 2 nitrogen and oxygen atoms in total. The summed E-state index contributed by atoms with van der Waals surface area (Å²) in [5.41, 5.74) is 0. The van der Waals surface area contributed by atoms with Crippen molar-refractivity contribution >= 4 is 5.78 Å². The number of carbonyl (C=O) groups is 1. The molecule has 1 fully saturated rings. The zero-order chi connectivity index (χ0) is 11.4. The summed E-state index contributed by atoms with van der Waals surface area (Å²) in [6.07, 6.45) is 3.98. The van der Waals surface area contributed by atoms with E-state index in [4.69, 9.17) is 4.74 Å². The summed E-state index contributed by atoms with van der Waals surface area (Å²) in [4.78, 5) is 11.5. The van der Waals surface area contributed by atoms with Gasteiger partial charge in [-0.2, -0.15) is 0 Å². The van der Waals surface area contributed by atoms with Gasteiger partial charge in [0.05, 0.1) is 6.10 Å². The molecule has 0 aromatic carbocycles. The average Bonchev–Trinajstić information content (AvgIpc) is 2.61. The van der Waals surface area contributed by atoms with Gasteiger partial charge >= 0.3 is 0 Å². The molecule has 0 radical (unpaired) electrons. The van der Waals surface area contributed by atoms with Gasteiger partial charge in [-0.25, -0.2) is 0 Å². The van der Waals surface area contributed by atoms with Gasteiger partial charge in [-0.05, 0) is 24.7 Å². The Balaban J connectivity index is 2.35. The molecule has 2 heteroatoms. The standard InChI is InChI=1S/C13H24O2/c1-9(2)11-6-5-7-13(11)15-8-12(14)10(3)4/h9-11,13H,5-8H2,1-4H3. The SMILES string of the molecule is CC(C)C(=O)COC1CCCC1C(C)C. The zero-order valence-electron chi connectivity index (χ0n) is 10.5. The van der Waals surface area contributed by atoms with E-state index < -0.39 is 0 Å². The largest absolute Gasteiger partial charge is 0.370 e. The minimum atomic E-state index is 0.101. The third kappa shape index (κ3) is 3.60. The highest BCUT2D eigenvalue weighted by atomic mass is 16.5. The first-order valence-corrected chi connectivity index (χ1v) is 6.16. The van der Waals surface area contributed by atoms with Gasteiger partial charge in [-0.15, -0.1) is 0 Å². The van der Waals surface area contributed by atoms with Crippen LogP contribution in [0, 0.1) is 17.8 Å². The van der Waals surface area contributed by atoms with Crippen LogP contribution in [0.5, 0.6) is 0 Å². The fourth-order valence-electron chi connectivity index (χ4n) is 2.28. The van der Waals surface area contributed by atoms with Gasteiger partial charge < -0.3 is 4.74 Å². The smallest absolute Gasteiger partial charge is 0.160 e. The maximum absolute atomic E-state index is 11.5. The van der Waals surface area contributed by atoms with Crippen LogP contribution in [0.25, 0.3) is 0 Å². The molecule has 0 aromatic rings. The first-order valence-electron chi connectivity index (χ1n) is 6.16. The number of rotatable bonds is 5. The molecular formula is C13H24O2. The maximum Gasteiger partial charge on any atom is 0.160 e. The molecule has 0 bridgehead atoms. The molecule has 1 saturated carbocycles. The molecule has 88 valence electrons. The summed E-state index contributed by atoms with van der Waals surface area (Å²) in [6, 6.07) is 0. The molecule has 0 amide bonds. The van der Waals surface area contributed by atoms with Gasteiger partial charge in [-0.3, -0.25) is 4.79 Å². The van der Waals surface area contributed by atoms with E-state index in [0.717, 1.165) is 6.42 Å². The molecule has 2 unspecified atom stereocenters. The van der Waals surface area contributed by atoms with E-state index in [1.165, 1.54) is 12.8 Å². The van der Waals surface area contributed by atoms with Crippen LogP contribution in [0.2, 0.25) is 0 Å². The van der Waals surface area contributed by atoms with E-state index in [0.29, 0.717) is 24.5 Å². The van der Waals surface area contributed by atoms with Crippen molar-refractivity contribution in [3.63, 3.8) is 0 Å². The first kappa shape index (κ1) is 12.7. The fraction of sp³-hybridized carbons (Fsp3) is 0.923. The monoisotopic (exact) mass is 212 g/mol. The van der Waals surface area contributed by atoms with Crippen LogP contribution in [0.3, 0.4) is 0 Å². The van der Waals surface area contributed by atoms with Gasteiger partial charge in [0.2, 0.25) is 0 Å². The zero-order valence-corrected chi connectivity index (χ0v) is 10.5. The Morgan fingerprint density at radius 2 is 1.93 bits per heavy atom. The highest BCUT2D eigenvalue weighted by molar-refractivity contribution is 5.81. The maximum atomic E-state index is 11.5. The van der Waals surface area contributed by atoms with Crippen LogP contribution in [0.4, 0.5) is 0 Å². The summed E-state index contributed by atoms with van der Waals surface area (Å²) >= 11 is 0. The lowest BCUT2D eigenvalue weighted by molar-refractivity contribution is -0.129. The number of hydrogen-bond donors (Lipinski definition) is 0. The molecule has 0 spiro atoms. The Kier molecular flexibility index (Phi) is 4.78. The van der Waals surface area contributed by atoms with Crippen molar-refractivity contribution in [3.05, 3.63) is 0 Å². The van der Waals surface area contributed by atoms with Crippen LogP contribution in [0.1, 0.15) is 47.0 Å². The summed E-state index contributed by atoms with van der Waals surface area (Å²) in [7, 11) is 0. The molecule has 0 aromatic heterocycles. The number of ether oxygens (including phenoxy) is 1. The van der Waals surface area contributed by atoms with E-state index >= 15 is 0 Å². The van der Waals surface area contributed by atoms with Gasteiger partial charge in [0.1, 0.15) is 6.61 Å². The van der Waals surface area contributed by atoms with Crippen LogP contribution < -0.4 is 0 Å². The molecule has 0 N–H and O–H groups in total. The Morgan fingerprint density at radius 1 is 1.27 bits per heavy atom. The second-order valence-corrected chi connectivity index (χ2v) is 5.31. The van der Waals surface area contributed by atoms with Crippen molar-refractivity contribution in [2.24, 2.45) is 17.8 Å². The number of carbonyl (C=O) groups excluding carboxylic acids is 1. The summed E-state index contributed by atoms with van der Waals surface area (Å²) < 4.78 is 5.75. The molecule has 1 aliphatic rings. The predicted molar refractivity (Wildman–Crippen MR) is 61.8 cm³/mol. The average molecular weight is 212 g/mol. The quantitative estimate of drug-likeness (QED) is 0.700. The predicted octanol–water partition coefficient (Wildman–Crippen LogP) is 3.05. The third-order valence-electron chi connectivity index (χ3n) is 3.44. The number of Topliss-reactive ketones (excluding diaryl/α,β-unsaturated/α-hetero) is 1. The summed E-state index contributed by atoms with van der Waals surface area (Å²) in [5, 5.41) is 0. The van der Waals surface area contributed by atoms with Gasteiger partial charge in [0.15, 0.2) is 5.78 Å². The molecule has 15 heavy (non-hydrogen) atoms. The minimum Gasteiger partial charge on any atom is -0.370 e. The van der Waals surface area contributed by atoms with Crippen molar-refractivity contribution in [1.82, 2.24) is 0 Å². The number of ketones is 1. The molecule has 0 aliphatic heterocycles. The second-order valence-electron chi connectivity index (χ2n) is 5.31. The fourth-order valence-corrected chi connectivity index (χ4v) is 2.28. The van der Waals surface area contributed by atoms with Crippen LogP contribution in [0.15, 0.2) is 0 Å². The van der Waals surface area contributed by atoms with Gasteiger partial charge in [0, 0.05) is 5.92 Å². The van der Waals surface area contributed by atoms with E-state index in [1.807, 2.05) is 13.8 Å². The molecular weight excluding hydrogens is 188 g/mol. The van der Waals surface area contributed by atoms with Crippen LogP contribution in [-0.4, -0.2) is 18.5 Å². The lowest BCUT2D eigenvalue weighted by atomic mass is 9.92. The van der Waals surface area contributed by atoms with Gasteiger partial charge in [0.25, 0.3) is 0 Å². The first-order chi connectivity index (χ1) is 7.02. The molecule has 1 aliphatic carbocycles. The lowest BCUT2D eigenvalue weighted by Gasteiger charge is -2.23.